The molecule has 2 fully saturated rings. The fraction of sp³-hybridized carbons (Fsp3) is 0.929. The Morgan fingerprint density at radius 2 is 2.06 bits per heavy atom. The molecule has 1 aliphatic carbocycles. The van der Waals surface area contributed by atoms with Crippen molar-refractivity contribution in [2.24, 2.45) is 11.3 Å². The number of aliphatic hydroxyl groups is 1. The minimum atomic E-state index is -0.266. The number of rotatable bonds is 3. The molecular formula is C14H25NO2. The van der Waals surface area contributed by atoms with Crippen LogP contribution in [-0.2, 0) is 4.79 Å². The third-order valence-corrected chi connectivity index (χ3v) is 4.52. The predicted octanol–water partition coefficient (Wildman–Crippen LogP) is 2.19. The number of likely N-dealkylation sites (tertiary alicyclic amines) is 1. The van der Waals surface area contributed by atoms with Gasteiger partial charge in [0.2, 0.25) is 5.91 Å². The quantitative estimate of drug-likeness (QED) is 0.820. The molecule has 3 heteroatoms. The molecule has 17 heavy (non-hydrogen) atoms. The molecule has 0 aromatic rings. The van der Waals surface area contributed by atoms with Crippen LogP contribution in [0.15, 0.2) is 0 Å². The maximum Gasteiger partial charge on any atom is 0.222 e. The molecule has 0 bridgehead atoms. The number of carbonyl (C=O) groups excluding carboxylic acids is 1. The fourth-order valence-corrected chi connectivity index (χ4v) is 2.83. The lowest BCUT2D eigenvalue weighted by molar-refractivity contribution is -0.138. The van der Waals surface area contributed by atoms with E-state index in [9.17, 15) is 9.90 Å². The summed E-state index contributed by atoms with van der Waals surface area (Å²) in [5.41, 5.74) is -0.148. The fourth-order valence-electron chi connectivity index (χ4n) is 2.83. The average molecular weight is 239 g/mol. The molecule has 98 valence electrons. The van der Waals surface area contributed by atoms with Gasteiger partial charge in [-0.15, -0.1) is 0 Å². The Balaban J connectivity index is 1.78. The lowest BCUT2D eigenvalue weighted by Crippen LogP contribution is -2.50. The SMILES string of the molecule is CC1(C)CN(C(=O)CCC2CCC2)CCC1O. The average Bonchev–Trinajstić information content (AvgIpc) is 2.19. The summed E-state index contributed by atoms with van der Waals surface area (Å²) < 4.78 is 0. The maximum atomic E-state index is 12.1. The molecule has 3 nitrogen and oxygen atoms in total. The maximum absolute atomic E-state index is 12.1. The van der Waals surface area contributed by atoms with Crippen molar-refractivity contribution >= 4 is 5.91 Å². The zero-order valence-electron chi connectivity index (χ0n) is 11.1. The second kappa shape index (κ2) is 4.97. The van der Waals surface area contributed by atoms with Crippen LogP contribution in [0.1, 0.15) is 52.4 Å². The summed E-state index contributed by atoms with van der Waals surface area (Å²) in [5, 5.41) is 9.86. The second-order valence-corrected chi connectivity index (χ2v) is 6.44. The second-order valence-electron chi connectivity index (χ2n) is 6.44. The van der Waals surface area contributed by atoms with E-state index in [1.807, 2.05) is 18.7 Å². The summed E-state index contributed by atoms with van der Waals surface area (Å²) in [4.78, 5) is 14.0. The first-order valence-corrected chi connectivity index (χ1v) is 6.95. The van der Waals surface area contributed by atoms with E-state index in [0.717, 1.165) is 25.3 Å². The minimum Gasteiger partial charge on any atom is -0.392 e. The Kier molecular flexibility index (Phi) is 3.76. The van der Waals surface area contributed by atoms with Gasteiger partial charge in [0.15, 0.2) is 0 Å². The first kappa shape index (κ1) is 12.9. The molecule has 1 saturated carbocycles. The summed E-state index contributed by atoms with van der Waals surface area (Å²) in [6, 6.07) is 0. The Hall–Kier alpha value is -0.570. The lowest BCUT2D eigenvalue weighted by Gasteiger charge is -2.42. The van der Waals surface area contributed by atoms with Gasteiger partial charge < -0.3 is 10.0 Å². The highest BCUT2D eigenvalue weighted by Crippen LogP contribution is 2.32. The standard InChI is InChI=1S/C14H25NO2/c1-14(2)10-15(9-8-12(14)16)13(17)7-6-11-4-3-5-11/h11-12,16H,3-10H2,1-2H3. The van der Waals surface area contributed by atoms with E-state index in [2.05, 4.69) is 0 Å². The molecule has 0 aromatic carbocycles. The van der Waals surface area contributed by atoms with E-state index in [1.54, 1.807) is 0 Å². The first-order chi connectivity index (χ1) is 7.99. The van der Waals surface area contributed by atoms with Gasteiger partial charge in [0.25, 0.3) is 0 Å². The smallest absolute Gasteiger partial charge is 0.222 e. The number of hydrogen-bond donors (Lipinski definition) is 1. The van der Waals surface area contributed by atoms with Crippen molar-refractivity contribution in [3.05, 3.63) is 0 Å². The molecule has 1 heterocycles. The van der Waals surface area contributed by atoms with Crippen molar-refractivity contribution in [2.75, 3.05) is 13.1 Å². The van der Waals surface area contributed by atoms with Crippen LogP contribution < -0.4 is 0 Å². The van der Waals surface area contributed by atoms with Gasteiger partial charge in [-0.25, -0.2) is 0 Å². The van der Waals surface area contributed by atoms with Crippen molar-refractivity contribution in [1.82, 2.24) is 4.90 Å². The van der Waals surface area contributed by atoms with Crippen LogP contribution >= 0.6 is 0 Å². The van der Waals surface area contributed by atoms with Gasteiger partial charge in [0.1, 0.15) is 0 Å². The van der Waals surface area contributed by atoms with Crippen LogP contribution in [0, 0.1) is 11.3 Å². The molecule has 1 saturated heterocycles. The van der Waals surface area contributed by atoms with Gasteiger partial charge in [0, 0.05) is 24.9 Å². The summed E-state index contributed by atoms with van der Waals surface area (Å²) in [5.74, 6) is 1.10. The highest BCUT2D eigenvalue weighted by molar-refractivity contribution is 5.76. The molecule has 1 atom stereocenters. The highest BCUT2D eigenvalue weighted by atomic mass is 16.3. The molecule has 1 aliphatic heterocycles. The van der Waals surface area contributed by atoms with E-state index in [-0.39, 0.29) is 17.4 Å². The van der Waals surface area contributed by atoms with E-state index >= 15 is 0 Å². The van der Waals surface area contributed by atoms with E-state index < -0.39 is 0 Å². The molecule has 0 radical (unpaired) electrons. The van der Waals surface area contributed by atoms with Gasteiger partial charge >= 0.3 is 0 Å². The van der Waals surface area contributed by atoms with E-state index in [1.165, 1.54) is 19.3 Å². The third-order valence-electron chi connectivity index (χ3n) is 4.52. The number of aliphatic hydroxyl groups excluding tert-OH is 1. The van der Waals surface area contributed by atoms with Crippen LogP contribution in [0.5, 0.6) is 0 Å². The minimum absolute atomic E-state index is 0.148. The summed E-state index contributed by atoms with van der Waals surface area (Å²) in [7, 11) is 0. The van der Waals surface area contributed by atoms with Gasteiger partial charge in [-0.1, -0.05) is 33.1 Å². The normalized spacial score (nSPS) is 28.9. The van der Waals surface area contributed by atoms with Crippen molar-refractivity contribution in [2.45, 2.75) is 58.5 Å². The van der Waals surface area contributed by atoms with Crippen molar-refractivity contribution in [3.8, 4) is 0 Å². The largest absolute Gasteiger partial charge is 0.392 e. The Bertz CT molecular complexity index is 284. The van der Waals surface area contributed by atoms with Gasteiger partial charge in [0.05, 0.1) is 6.10 Å². The summed E-state index contributed by atoms with van der Waals surface area (Å²) in [6.45, 7) is 5.53. The Morgan fingerprint density at radius 1 is 1.35 bits per heavy atom. The third kappa shape index (κ3) is 3.01. The van der Waals surface area contributed by atoms with E-state index in [0.29, 0.717) is 13.0 Å². The first-order valence-electron chi connectivity index (χ1n) is 6.95. The van der Waals surface area contributed by atoms with Crippen LogP contribution in [0.3, 0.4) is 0 Å². The number of amides is 1. The number of hydrogen-bond acceptors (Lipinski definition) is 2. The van der Waals surface area contributed by atoms with Gasteiger partial charge in [-0.3, -0.25) is 4.79 Å². The van der Waals surface area contributed by atoms with Crippen molar-refractivity contribution < 1.29 is 9.90 Å². The molecule has 0 aromatic heterocycles. The molecule has 1 amide bonds. The summed E-state index contributed by atoms with van der Waals surface area (Å²) >= 11 is 0. The van der Waals surface area contributed by atoms with Crippen LogP contribution in [-0.4, -0.2) is 35.1 Å². The number of piperidine rings is 1. The van der Waals surface area contributed by atoms with Crippen molar-refractivity contribution in [3.63, 3.8) is 0 Å². The van der Waals surface area contributed by atoms with Crippen molar-refractivity contribution in [1.29, 1.82) is 0 Å². The van der Waals surface area contributed by atoms with Gasteiger partial charge in [-0.2, -0.15) is 0 Å². The molecule has 0 spiro atoms. The monoisotopic (exact) mass is 239 g/mol. The molecule has 1 N–H and O–H groups in total. The highest BCUT2D eigenvalue weighted by Gasteiger charge is 2.36. The molecular weight excluding hydrogens is 214 g/mol. The Labute approximate surface area is 104 Å². The molecule has 2 rings (SSSR count). The van der Waals surface area contributed by atoms with Crippen LogP contribution in [0.2, 0.25) is 0 Å². The molecule has 2 aliphatic rings. The van der Waals surface area contributed by atoms with E-state index in [4.69, 9.17) is 0 Å². The lowest BCUT2D eigenvalue weighted by atomic mass is 9.80. The van der Waals surface area contributed by atoms with Gasteiger partial charge in [-0.05, 0) is 18.8 Å². The zero-order chi connectivity index (χ0) is 12.5. The van der Waals surface area contributed by atoms with Crippen LogP contribution in [0.25, 0.3) is 0 Å². The predicted molar refractivity (Wildman–Crippen MR) is 67.6 cm³/mol. The zero-order valence-corrected chi connectivity index (χ0v) is 11.1. The summed E-state index contributed by atoms with van der Waals surface area (Å²) in [6.07, 6.45) is 6.21. The Morgan fingerprint density at radius 3 is 2.59 bits per heavy atom. The number of carbonyl (C=O) groups is 1. The van der Waals surface area contributed by atoms with Crippen LogP contribution in [0.4, 0.5) is 0 Å². The number of nitrogens with zero attached hydrogens (tertiary/aromatic N) is 1. The molecule has 1 unspecified atom stereocenters. The topological polar surface area (TPSA) is 40.5 Å².